The number of rotatable bonds is 3. The van der Waals surface area contributed by atoms with Crippen LogP contribution in [0, 0.1) is 17.3 Å². The lowest BCUT2D eigenvalue weighted by Gasteiger charge is -2.56. The number of aliphatic hydroxyl groups excluding tert-OH is 1. The Hall–Kier alpha value is -0.0800. The predicted molar refractivity (Wildman–Crippen MR) is 77.0 cm³/mol. The molecule has 1 spiro atoms. The van der Waals surface area contributed by atoms with Crippen LogP contribution in [0.5, 0.6) is 0 Å². The highest BCUT2D eigenvalue weighted by Gasteiger charge is 2.65. The number of ether oxygens (including phenoxy) is 1. The largest absolute Gasteiger partial charge is 0.396 e. The van der Waals surface area contributed by atoms with Crippen LogP contribution in [0.25, 0.3) is 0 Å². The molecule has 1 N–H and O–H groups in total. The highest BCUT2D eigenvalue weighted by Crippen LogP contribution is 2.65. The van der Waals surface area contributed by atoms with Gasteiger partial charge >= 0.3 is 0 Å². The molecule has 4 unspecified atom stereocenters. The third kappa shape index (κ3) is 1.90. The lowest BCUT2D eigenvalue weighted by atomic mass is 9.52. The van der Waals surface area contributed by atoms with Gasteiger partial charge in [0.25, 0.3) is 0 Å². The standard InChI is InChI=1S/C17H30O2/c1-15(2)14-8-7-13-6-4-9-16(3,10-5-11-18)17(13,12-14)19-15/h13-14,18H,4-12H2,1-3H3. The third-order valence-electron chi connectivity index (χ3n) is 6.69. The first-order valence-electron chi connectivity index (χ1n) is 8.25. The average molecular weight is 266 g/mol. The molecule has 2 saturated carbocycles. The molecule has 1 aliphatic heterocycles. The Balaban J connectivity index is 1.94. The van der Waals surface area contributed by atoms with Gasteiger partial charge in [-0.25, -0.2) is 0 Å². The van der Waals surface area contributed by atoms with Crippen LogP contribution >= 0.6 is 0 Å². The minimum absolute atomic E-state index is 0.0621. The second-order valence-electron chi connectivity index (χ2n) is 8.05. The summed E-state index contributed by atoms with van der Waals surface area (Å²) in [6.07, 6.45) is 10.0. The first kappa shape index (κ1) is 13.9. The van der Waals surface area contributed by atoms with Gasteiger partial charge < -0.3 is 9.84 Å². The molecule has 0 aromatic rings. The van der Waals surface area contributed by atoms with Crippen LogP contribution in [0.1, 0.15) is 72.1 Å². The zero-order chi connectivity index (χ0) is 13.7. The number of fused-ring (bicyclic) bond motifs is 1. The van der Waals surface area contributed by atoms with E-state index in [4.69, 9.17) is 4.74 Å². The van der Waals surface area contributed by atoms with Crippen LogP contribution in [0.2, 0.25) is 0 Å². The molecule has 3 rings (SSSR count). The summed E-state index contributed by atoms with van der Waals surface area (Å²) in [5, 5.41) is 9.24. The molecule has 0 amide bonds. The van der Waals surface area contributed by atoms with Crippen molar-refractivity contribution >= 4 is 0 Å². The normalized spacial score (nSPS) is 48.0. The van der Waals surface area contributed by atoms with Crippen molar-refractivity contribution in [2.75, 3.05) is 6.61 Å². The zero-order valence-electron chi connectivity index (χ0n) is 12.9. The van der Waals surface area contributed by atoms with E-state index in [9.17, 15) is 5.11 Å². The van der Waals surface area contributed by atoms with Gasteiger partial charge in [-0.2, -0.15) is 0 Å². The molecule has 0 radical (unpaired) electrons. The fraction of sp³-hybridized carbons (Fsp3) is 1.00. The number of hydrogen-bond acceptors (Lipinski definition) is 2. The maximum atomic E-state index is 9.24. The molecule has 0 aromatic carbocycles. The minimum atomic E-state index is 0.0621. The summed E-state index contributed by atoms with van der Waals surface area (Å²) in [5.74, 6) is 1.51. The van der Waals surface area contributed by atoms with E-state index in [1.54, 1.807) is 0 Å². The molecule has 0 aromatic heterocycles. The van der Waals surface area contributed by atoms with E-state index in [0.29, 0.717) is 6.61 Å². The lowest BCUT2D eigenvalue weighted by molar-refractivity contribution is -0.200. The summed E-state index contributed by atoms with van der Waals surface area (Å²) in [7, 11) is 0. The van der Waals surface area contributed by atoms with Crippen molar-refractivity contribution in [1.82, 2.24) is 0 Å². The van der Waals surface area contributed by atoms with Crippen molar-refractivity contribution in [2.45, 2.75) is 83.3 Å². The summed E-state index contributed by atoms with van der Waals surface area (Å²) in [6.45, 7) is 7.37. The molecule has 110 valence electrons. The summed E-state index contributed by atoms with van der Waals surface area (Å²) < 4.78 is 6.80. The van der Waals surface area contributed by atoms with Gasteiger partial charge in [0.15, 0.2) is 0 Å². The summed E-state index contributed by atoms with van der Waals surface area (Å²) in [5.41, 5.74) is 0.463. The van der Waals surface area contributed by atoms with Gasteiger partial charge in [0, 0.05) is 6.61 Å². The molecular formula is C17H30O2. The van der Waals surface area contributed by atoms with Gasteiger partial charge in [0.1, 0.15) is 0 Å². The first-order valence-corrected chi connectivity index (χ1v) is 8.25. The molecule has 2 aliphatic carbocycles. The molecule has 4 atom stereocenters. The molecular weight excluding hydrogens is 236 g/mol. The lowest BCUT2D eigenvalue weighted by Crippen LogP contribution is -2.56. The van der Waals surface area contributed by atoms with Gasteiger partial charge in [-0.05, 0) is 76.0 Å². The van der Waals surface area contributed by atoms with Crippen molar-refractivity contribution in [3.8, 4) is 0 Å². The van der Waals surface area contributed by atoms with Crippen LogP contribution in [0.4, 0.5) is 0 Å². The fourth-order valence-corrected chi connectivity index (χ4v) is 5.54. The van der Waals surface area contributed by atoms with Crippen molar-refractivity contribution in [3.05, 3.63) is 0 Å². The maximum absolute atomic E-state index is 9.24. The van der Waals surface area contributed by atoms with E-state index < -0.39 is 0 Å². The zero-order valence-corrected chi connectivity index (χ0v) is 12.9. The highest BCUT2D eigenvalue weighted by atomic mass is 16.5. The van der Waals surface area contributed by atoms with Crippen molar-refractivity contribution in [2.24, 2.45) is 17.3 Å². The number of hydrogen-bond donors (Lipinski definition) is 1. The Morgan fingerprint density at radius 2 is 1.84 bits per heavy atom. The quantitative estimate of drug-likeness (QED) is 0.839. The Morgan fingerprint density at radius 1 is 1.11 bits per heavy atom. The van der Waals surface area contributed by atoms with Crippen LogP contribution in [0.3, 0.4) is 0 Å². The molecule has 2 bridgehead atoms. The maximum Gasteiger partial charge on any atom is 0.0774 e. The molecule has 2 nitrogen and oxygen atoms in total. The molecule has 2 heteroatoms. The second-order valence-corrected chi connectivity index (χ2v) is 8.05. The summed E-state index contributed by atoms with van der Waals surface area (Å²) in [6, 6.07) is 0. The minimum Gasteiger partial charge on any atom is -0.396 e. The van der Waals surface area contributed by atoms with Crippen LogP contribution < -0.4 is 0 Å². The average Bonchev–Trinajstić information content (AvgIpc) is 2.57. The van der Waals surface area contributed by atoms with E-state index in [1.807, 2.05) is 0 Å². The monoisotopic (exact) mass is 266 g/mol. The molecule has 3 aliphatic rings. The van der Waals surface area contributed by atoms with E-state index in [1.165, 1.54) is 38.5 Å². The predicted octanol–water partition coefficient (Wildman–Crippen LogP) is 3.91. The highest BCUT2D eigenvalue weighted by molar-refractivity contribution is 5.14. The van der Waals surface area contributed by atoms with Crippen LogP contribution in [-0.4, -0.2) is 22.9 Å². The molecule has 19 heavy (non-hydrogen) atoms. The van der Waals surface area contributed by atoms with Gasteiger partial charge in [-0.3, -0.25) is 0 Å². The smallest absolute Gasteiger partial charge is 0.0774 e. The van der Waals surface area contributed by atoms with E-state index in [2.05, 4.69) is 20.8 Å². The van der Waals surface area contributed by atoms with Gasteiger partial charge in [0.05, 0.1) is 11.2 Å². The van der Waals surface area contributed by atoms with Gasteiger partial charge in [-0.15, -0.1) is 0 Å². The molecule has 3 fully saturated rings. The Labute approximate surface area is 117 Å². The van der Waals surface area contributed by atoms with E-state index >= 15 is 0 Å². The van der Waals surface area contributed by atoms with Crippen molar-refractivity contribution in [3.63, 3.8) is 0 Å². The molecule has 1 saturated heterocycles. The van der Waals surface area contributed by atoms with Crippen molar-refractivity contribution in [1.29, 1.82) is 0 Å². The Kier molecular flexibility index (Phi) is 3.26. The Bertz CT molecular complexity index is 351. The van der Waals surface area contributed by atoms with Crippen LogP contribution in [-0.2, 0) is 4.74 Å². The first-order chi connectivity index (χ1) is 8.94. The van der Waals surface area contributed by atoms with Gasteiger partial charge in [-0.1, -0.05) is 13.3 Å². The topological polar surface area (TPSA) is 29.5 Å². The van der Waals surface area contributed by atoms with E-state index in [0.717, 1.165) is 24.7 Å². The second kappa shape index (κ2) is 4.46. The SMILES string of the molecule is CC1(C)OC23CC1CCC2CCCC3(C)CCCO. The Morgan fingerprint density at radius 3 is 2.58 bits per heavy atom. The van der Waals surface area contributed by atoms with Crippen molar-refractivity contribution < 1.29 is 9.84 Å². The van der Waals surface area contributed by atoms with Crippen LogP contribution in [0.15, 0.2) is 0 Å². The third-order valence-corrected chi connectivity index (χ3v) is 6.69. The van der Waals surface area contributed by atoms with E-state index in [-0.39, 0.29) is 16.6 Å². The summed E-state index contributed by atoms with van der Waals surface area (Å²) >= 11 is 0. The number of aliphatic hydroxyl groups is 1. The molecule has 1 heterocycles. The van der Waals surface area contributed by atoms with Gasteiger partial charge in [0.2, 0.25) is 0 Å². The summed E-state index contributed by atoms with van der Waals surface area (Å²) in [4.78, 5) is 0. The fourth-order valence-electron chi connectivity index (χ4n) is 5.54.